The van der Waals surface area contributed by atoms with Crippen LogP contribution in [-0.4, -0.2) is 39.5 Å². The van der Waals surface area contributed by atoms with E-state index >= 15 is 0 Å². The fourth-order valence-corrected chi connectivity index (χ4v) is 2.14. The van der Waals surface area contributed by atoms with Crippen LogP contribution in [0, 0.1) is 12.8 Å². The molecule has 1 aliphatic rings. The lowest BCUT2D eigenvalue weighted by Gasteiger charge is -2.14. The maximum atomic E-state index is 5.87. The zero-order chi connectivity index (χ0) is 11.5. The molecule has 0 aliphatic carbocycles. The monoisotopic (exact) mass is 215 g/mol. The minimum absolute atomic E-state index is 0.643. The fraction of sp³-hybridized carbons (Fsp3) is 0.538. The van der Waals surface area contributed by atoms with Gasteiger partial charge in [-0.05, 0) is 38.6 Å². The summed E-state index contributed by atoms with van der Waals surface area (Å²) >= 11 is 0. The maximum Gasteiger partial charge on any atom is 0.119 e. The van der Waals surface area contributed by atoms with Gasteiger partial charge in [-0.2, -0.15) is 0 Å². The summed E-state index contributed by atoms with van der Waals surface area (Å²) in [4.78, 5) is 2.34. The second-order valence-electron chi connectivity index (χ2n) is 4.77. The molecule has 1 aromatic rings. The van der Waals surface area contributed by atoms with Gasteiger partial charge in [0.25, 0.3) is 0 Å². The van der Waals surface area contributed by atoms with Gasteiger partial charge in [0.15, 0.2) is 0 Å². The summed E-state index contributed by atoms with van der Waals surface area (Å²) in [6, 6.07) is 5.92. The zero-order valence-electron chi connectivity index (χ0n) is 10.1. The predicted molar refractivity (Wildman–Crippen MR) is 67.7 cm³/mol. The molecule has 3 heteroatoms. The van der Waals surface area contributed by atoms with Gasteiger partial charge < -0.3 is 9.64 Å². The van der Waals surface area contributed by atoms with E-state index in [9.17, 15) is 0 Å². The largest absolute Gasteiger partial charge is 0.494 e. The fourth-order valence-electron chi connectivity index (χ4n) is 2.14. The molecule has 1 atom stereocenters. The minimum atomic E-state index is 0.643. The molecule has 2 radical (unpaired) electrons. The first-order chi connectivity index (χ1) is 7.65. The van der Waals surface area contributed by atoms with E-state index < -0.39 is 0 Å². The highest BCUT2D eigenvalue weighted by molar-refractivity contribution is 6.34. The van der Waals surface area contributed by atoms with Crippen LogP contribution < -0.4 is 10.2 Å². The highest BCUT2D eigenvalue weighted by atomic mass is 16.5. The van der Waals surface area contributed by atoms with Crippen molar-refractivity contribution in [3.8, 4) is 5.75 Å². The number of aryl methyl sites for hydroxylation is 1. The van der Waals surface area contributed by atoms with Gasteiger partial charge in [-0.25, -0.2) is 0 Å². The molecule has 0 aromatic heterocycles. The van der Waals surface area contributed by atoms with E-state index in [2.05, 4.69) is 18.9 Å². The van der Waals surface area contributed by atoms with Gasteiger partial charge in [0.2, 0.25) is 0 Å². The molecular weight excluding hydrogens is 197 g/mol. The summed E-state index contributed by atoms with van der Waals surface area (Å²) in [6.45, 7) is 5.14. The van der Waals surface area contributed by atoms with E-state index in [1.54, 1.807) is 0 Å². The third-order valence-electron chi connectivity index (χ3n) is 3.13. The SMILES string of the molecule is [B]c1ccc(C)cc1OCC1CCN(C)C1. The smallest absolute Gasteiger partial charge is 0.119 e. The number of benzene rings is 1. The lowest BCUT2D eigenvalue weighted by molar-refractivity contribution is 0.250. The second kappa shape index (κ2) is 4.92. The average molecular weight is 215 g/mol. The third kappa shape index (κ3) is 2.79. The topological polar surface area (TPSA) is 12.5 Å². The van der Waals surface area contributed by atoms with Crippen molar-refractivity contribution in [2.75, 3.05) is 26.7 Å². The van der Waals surface area contributed by atoms with Crippen molar-refractivity contribution in [1.29, 1.82) is 0 Å². The minimum Gasteiger partial charge on any atom is -0.494 e. The van der Waals surface area contributed by atoms with Crippen molar-refractivity contribution in [3.05, 3.63) is 23.8 Å². The van der Waals surface area contributed by atoms with Crippen LogP contribution in [0.25, 0.3) is 0 Å². The van der Waals surface area contributed by atoms with Crippen LogP contribution >= 0.6 is 0 Å². The van der Waals surface area contributed by atoms with E-state index in [1.807, 2.05) is 18.2 Å². The van der Waals surface area contributed by atoms with Gasteiger partial charge in [0.05, 0.1) is 6.61 Å². The quantitative estimate of drug-likeness (QED) is 0.700. The van der Waals surface area contributed by atoms with Gasteiger partial charge in [-0.15, -0.1) is 0 Å². The highest BCUT2D eigenvalue weighted by Crippen LogP contribution is 2.16. The van der Waals surface area contributed by atoms with Crippen LogP contribution in [0.2, 0.25) is 0 Å². The molecule has 1 heterocycles. The molecule has 1 unspecified atom stereocenters. The summed E-state index contributed by atoms with van der Waals surface area (Å²) in [5.74, 6) is 1.47. The maximum absolute atomic E-state index is 5.87. The summed E-state index contributed by atoms with van der Waals surface area (Å²) in [5.41, 5.74) is 1.92. The molecule has 0 saturated carbocycles. The summed E-state index contributed by atoms with van der Waals surface area (Å²) in [6.07, 6.45) is 1.22. The normalized spacial score (nSPS) is 21.2. The first-order valence-electron chi connectivity index (χ1n) is 5.82. The number of rotatable bonds is 3. The van der Waals surface area contributed by atoms with E-state index in [1.165, 1.54) is 18.5 Å². The van der Waals surface area contributed by atoms with Crippen LogP contribution in [0.3, 0.4) is 0 Å². The average Bonchev–Trinajstić information content (AvgIpc) is 2.66. The molecule has 2 rings (SSSR count). The highest BCUT2D eigenvalue weighted by Gasteiger charge is 2.19. The van der Waals surface area contributed by atoms with Gasteiger partial charge in [-0.3, -0.25) is 0 Å². The van der Waals surface area contributed by atoms with Gasteiger partial charge in [-0.1, -0.05) is 17.6 Å². The van der Waals surface area contributed by atoms with Crippen molar-refractivity contribution < 1.29 is 4.74 Å². The molecule has 1 aromatic carbocycles. The van der Waals surface area contributed by atoms with Crippen LogP contribution in [-0.2, 0) is 0 Å². The Morgan fingerprint density at radius 3 is 3.00 bits per heavy atom. The number of likely N-dealkylation sites (tertiary alicyclic amines) is 1. The Morgan fingerprint density at radius 1 is 1.50 bits per heavy atom. The summed E-state index contributed by atoms with van der Waals surface area (Å²) in [5, 5.41) is 0. The lowest BCUT2D eigenvalue weighted by atomic mass is 9.94. The van der Waals surface area contributed by atoms with Gasteiger partial charge >= 0.3 is 0 Å². The first-order valence-corrected chi connectivity index (χ1v) is 5.82. The van der Waals surface area contributed by atoms with Crippen molar-refractivity contribution in [2.24, 2.45) is 5.92 Å². The lowest BCUT2D eigenvalue weighted by Crippen LogP contribution is -2.19. The second-order valence-corrected chi connectivity index (χ2v) is 4.77. The summed E-state index contributed by atoms with van der Waals surface area (Å²) in [7, 11) is 8.02. The van der Waals surface area contributed by atoms with Crippen molar-refractivity contribution in [1.82, 2.24) is 4.90 Å². The molecule has 2 nitrogen and oxygen atoms in total. The Balaban J connectivity index is 1.91. The molecule has 16 heavy (non-hydrogen) atoms. The van der Waals surface area contributed by atoms with E-state index in [0.29, 0.717) is 5.92 Å². The van der Waals surface area contributed by atoms with Crippen LogP contribution in [0.4, 0.5) is 0 Å². The van der Waals surface area contributed by atoms with Crippen molar-refractivity contribution >= 4 is 13.3 Å². The van der Waals surface area contributed by atoms with Crippen LogP contribution in [0.15, 0.2) is 18.2 Å². The van der Waals surface area contributed by atoms with Crippen molar-refractivity contribution in [2.45, 2.75) is 13.3 Å². The molecule has 0 N–H and O–H groups in total. The first kappa shape index (κ1) is 11.5. The van der Waals surface area contributed by atoms with Gasteiger partial charge in [0, 0.05) is 12.5 Å². The number of ether oxygens (including phenoxy) is 1. The number of hydrogen-bond acceptors (Lipinski definition) is 2. The Bertz CT molecular complexity index is 367. The molecule has 84 valence electrons. The molecule has 0 amide bonds. The summed E-state index contributed by atoms with van der Waals surface area (Å²) < 4.78 is 5.80. The van der Waals surface area contributed by atoms with Gasteiger partial charge in [0.1, 0.15) is 13.6 Å². The molecule has 0 spiro atoms. The molecule has 0 bridgehead atoms. The zero-order valence-corrected chi connectivity index (χ0v) is 10.1. The van der Waals surface area contributed by atoms with E-state index in [4.69, 9.17) is 12.6 Å². The predicted octanol–water partition coefficient (Wildman–Crippen LogP) is 1.12. The molecule has 1 fully saturated rings. The number of nitrogens with zero attached hydrogens (tertiary/aromatic N) is 1. The Labute approximate surface area is 99.0 Å². The van der Waals surface area contributed by atoms with Crippen LogP contribution in [0.5, 0.6) is 5.75 Å². The Hall–Kier alpha value is -0.955. The number of hydrogen-bond donors (Lipinski definition) is 0. The molecular formula is C13H18BNO. The Morgan fingerprint density at radius 2 is 2.31 bits per heavy atom. The molecule has 1 aliphatic heterocycles. The van der Waals surface area contributed by atoms with E-state index in [0.717, 1.165) is 24.4 Å². The van der Waals surface area contributed by atoms with E-state index in [-0.39, 0.29) is 0 Å². The van der Waals surface area contributed by atoms with Crippen LogP contribution in [0.1, 0.15) is 12.0 Å². The standard InChI is InChI=1S/C13H18BNO/c1-10-3-4-12(14)13(7-10)16-9-11-5-6-15(2)8-11/h3-4,7,11H,5-6,8-9H2,1-2H3. The Kier molecular flexibility index (Phi) is 3.54. The third-order valence-corrected chi connectivity index (χ3v) is 3.13. The molecule has 1 saturated heterocycles. The van der Waals surface area contributed by atoms with Crippen molar-refractivity contribution in [3.63, 3.8) is 0 Å².